The van der Waals surface area contributed by atoms with Crippen molar-refractivity contribution in [2.24, 2.45) is 5.73 Å². The highest BCUT2D eigenvalue weighted by atomic mass is 19.1. The monoisotopic (exact) mass is 241 g/mol. The van der Waals surface area contributed by atoms with Crippen LogP contribution in [0.25, 0.3) is 0 Å². The van der Waals surface area contributed by atoms with Gasteiger partial charge in [-0.3, -0.25) is 0 Å². The lowest BCUT2D eigenvalue weighted by atomic mass is 10.1. The van der Waals surface area contributed by atoms with E-state index >= 15 is 0 Å². The van der Waals surface area contributed by atoms with Gasteiger partial charge in [0.25, 0.3) is 0 Å². The minimum atomic E-state index is -0.331. The average molecular weight is 241 g/mol. The Morgan fingerprint density at radius 2 is 1.94 bits per heavy atom. The lowest BCUT2D eigenvalue weighted by Gasteiger charge is -2.11. The molecule has 1 aromatic carbocycles. The third-order valence-electron chi connectivity index (χ3n) is 2.27. The van der Waals surface area contributed by atoms with E-state index in [4.69, 9.17) is 15.2 Å². The molecule has 1 atom stereocenters. The summed E-state index contributed by atoms with van der Waals surface area (Å²) in [5, 5.41) is 0. The molecule has 0 aliphatic rings. The first-order valence-corrected chi connectivity index (χ1v) is 5.80. The van der Waals surface area contributed by atoms with E-state index in [1.807, 2.05) is 13.8 Å². The van der Waals surface area contributed by atoms with E-state index in [0.717, 1.165) is 0 Å². The normalized spacial score (nSPS) is 12.8. The van der Waals surface area contributed by atoms with Gasteiger partial charge in [-0.2, -0.15) is 0 Å². The summed E-state index contributed by atoms with van der Waals surface area (Å²) in [4.78, 5) is 0. The van der Waals surface area contributed by atoms with Crippen LogP contribution in [0.3, 0.4) is 0 Å². The van der Waals surface area contributed by atoms with Crippen LogP contribution < -0.4 is 10.5 Å². The Morgan fingerprint density at radius 3 is 2.47 bits per heavy atom. The highest BCUT2D eigenvalue weighted by Gasteiger charge is 2.07. The molecule has 0 amide bonds. The minimum Gasteiger partial charge on any atom is -0.491 e. The van der Waals surface area contributed by atoms with E-state index in [1.54, 1.807) is 19.1 Å². The van der Waals surface area contributed by atoms with Crippen molar-refractivity contribution >= 4 is 0 Å². The number of hydrogen-bond acceptors (Lipinski definition) is 3. The van der Waals surface area contributed by atoms with Gasteiger partial charge in [-0.15, -0.1) is 0 Å². The fraction of sp³-hybridized carbons (Fsp3) is 0.538. The van der Waals surface area contributed by atoms with Crippen LogP contribution >= 0.6 is 0 Å². The van der Waals surface area contributed by atoms with Crippen molar-refractivity contribution in [2.75, 3.05) is 13.2 Å². The first-order chi connectivity index (χ1) is 8.00. The maximum Gasteiger partial charge on any atom is 0.131 e. The van der Waals surface area contributed by atoms with Gasteiger partial charge >= 0.3 is 0 Å². The molecule has 2 N–H and O–H groups in total. The van der Waals surface area contributed by atoms with Crippen LogP contribution in [0.15, 0.2) is 18.2 Å². The predicted octanol–water partition coefficient (Wildman–Crippen LogP) is 2.65. The molecule has 1 rings (SSSR count). The van der Waals surface area contributed by atoms with Gasteiger partial charge in [0.15, 0.2) is 0 Å². The molecule has 96 valence electrons. The first-order valence-electron chi connectivity index (χ1n) is 5.80. The summed E-state index contributed by atoms with van der Waals surface area (Å²) in [6.45, 7) is 6.56. The van der Waals surface area contributed by atoms with Gasteiger partial charge in [0.05, 0.1) is 12.7 Å². The van der Waals surface area contributed by atoms with Crippen LogP contribution in [0, 0.1) is 5.82 Å². The van der Waals surface area contributed by atoms with Gasteiger partial charge in [0.1, 0.15) is 18.2 Å². The molecule has 0 saturated carbocycles. The molecule has 0 unspecified atom stereocenters. The molecule has 4 heteroatoms. The summed E-state index contributed by atoms with van der Waals surface area (Å²) in [6, 6.07) is 4.41. The fourth-order valence-corrected chi connectivity index (χ4v) is 1.41. The summed E-state index contributed by atoms with van der Waals surface area (Å²) < 4.78 is 24.2. The molecule has 0 heterocycles. The van der Waals surface area contributed by atoms with E-state index in [2.05, 4.69) is 0 Å². The summed E-state index contributed by atoms with van der Waals surface area (Å²) in [6.07, 6.45) is 0.177. The summed E-state index contributed by atoms with van der Waals surface area (Å²) >= 11 is 0. The van der Waals surface area contributed by atoms with Gasteiger partial charge in [0.2, 0.25) is 0 Å². The third kappa shape index (κ3) is 4.71. The second-order valence-corrected chi connectivity index (χ2v) is 4.24. The Kier molecular flexibility index (Phi) is 5.38. The molecule has 17 heavy (non-hydrogen) atoms. The standard InChI is InChI=1S/C13H20FNO2/c1-9(2)16-6-7-17-11-4-5-12(10(3)15)13(14)8-11/h4-5,8-10H,6-7,15H2,1-3H3/t10-/m0/s1. The zero-order valence-corrected chi connectivity index (χ0v) is 10.6. The van der Waals surface area contributed by atoms with E-state index < -0.39 is 0 Å². The van der Waals surface area contributed by atoms with E-state index in [1.165, 1.54) is 6.07 Å². The lowest BCUT2D eigenvalue weighted by molar-refractivity contribution is 0.0552. The number of nitrogens with two attached hydrogens (primary N) is 1. The summed E-state index contributed by atoms with van der Waals surface area (Å²) in [5.41, 5.74) is 6.11. The van der Waals surface area contributed by atoms with Gasteiger partial charge in [-0.05, 0) is 26.8 Å². The van der Waals surface area contributed by atoms with Crippen LogP contribution in [-0.4, -0.2) is 19.3 Å². The second kappa shape index (κ2) is 6.57. The molecule has 1 aromatic rings. The van der Waals surface area contributed by atoms with Crippen molar-refractivity contribution in [1.29, 1.82) is 0 Å². The van der Waals surface area contributed by atoms with Crippen LogP contribution in [0.5, 0.6) is 5.75 Å². The second-order valence-electron chi connectivity index (χ2n) is 4.24. The number of ether oxygens (including phenoxy) is 2. The number of hydrogen-bond donors (Lipinski definition) is 1. The zero-order valence-electron chi connectivity index (χ0n) is 10.6. The maximum absolute atomic E-state index is 13.5. The Bertz CT molecular complexity index is 353. The van der Waals surface area contributed by atoms with Crippen LogP contribution in [0.1, 0.15) is 32.4 Å². The SMILES string of the molecule is CC(C)OCCOc1ccc([C@H](C)N)c(F)c1. The Morgan fingerprint density at radius 1 is 1.24 bits per heavy atom. The largest absolute Gasteiger partial charge is 0.491 e. The van der Waals surface area contributed by atoms with Crippen molar-refractivity contribution in [3.63, 3.8) is 0 Å². The Hall–Kier alpha value is -1.13. The molecule has 0 bridgehead atoms. The molecule has 0 aromatic heterocycles. The highest BCUT2D eigenvalue weighted by Crippen LogP contribution is 2.20. The van der Waals surface area contributed by atoms with Crippen molar-refractivity contribution in [3.8, 4) is 5.75 Å². The fourth-order valence-electron chi connectivity index (χ4n) is 1.41. The molecule has 0 aliphatic heterocycles. The molecule has 0 aliphatic carbocycles. The molecular weight excluding hydrogens is 221 g/mol. The van der Waals surface area contributed by atoms with Gasteiger partial charge < -0.3 is 15.2 Å². The van der Waals surface area contributed by atoms with E-state index in [0.29, 0.717) is 24.5 Å². The molecule has 0 saturated heterocycles. The van der Waals surface area contributed by atoms with Crippen molar-refractivity contribution in [2.45, 2.75) is 32.9 Å². The number of benzene rings is 1. The first kappa shape index (κ1) is 13.9. The van der Waals surface area contributed by atoms with Crippen molar-refractivity contribution in [3.05, 3.63) is 29.6 Å². The number of halogens is 1. The van der Waals surface area contributed by atoms with E-state index in [-0.39, 0.29) is 18.0 Å². The van der Waals surface area contributed by atoms with Gasteiger partial charge in [-0.1, -0.05) is 6.07 Å². The smallest absolute Gasteiger partial charge is 0.131 e. The number of rotatable bonds is 6. The maximum atomic E-state index is 13.5. The molecule has 0 radical (unpaired) electrons. The summed E-state index contributed by atoms with van der Waals surface area (Å²) in [7, 11) is 0. The average Bonchev–Trinajstić information content (AvgIpc) is 2.23. The Balaban J connectivity index is 2.47. The summed E-state index contributed by atoms with van der Waals surface area (Å²) in [5.74, 6) is 0.168. The quantitative estimate of drug-likeness (QED) is 0.779. The van der Waals surface area contributed by atoms with Crippen molar-refractivity contribution < 1.29 is 13.9 Å². The zero-order chi connectivity index (χ0) is 12.8. The molecule has 0 spiro atoms. The molecule has 0 fully saturated rings. The minimum absolute atomic E-state index is 0.177. The highest BCUT2D eigenvalue weighted by molar-refractivity contribution is 5.30. The van der Waals surface area contributed by atoms with Crippen LogP contribution in [0.4, 0.5) is 4.39 Å². The van der Waals surface area contributed by atoms with Crippen molar-refractivity contribution in [1.82, 2.24) is 0 Å². The Labute approximate surface area is 102 Å². The van der Waals surface area contributed by atoms with Crippen LogP contribution in [0.2, 0.25) is 0 Å². The lowest BCUT2D eigenvalue weighted by Crippen LogP contribution is -2.12. The topological polar surface area (TPSA) is 44.5 Å². The molecular formula is C13H20FNO2. The molecule has 3 nitrogen and oxygen atoms in total. The van der Waals surface area contributed by atoms with Crippen LogP contribution in [-0.2, 0) is 4.74 Å². The predicted molar refractivity (Wildman–Crippen MR) is 65.6 cm³/mol. The van der Waals surface area contributed by atoms with E-state index in [9.17, 15) is 4.39 Å². The third-order valence-corrected chi connectivity index (χ3v) is 2.27. The van der Waals surface area contributed by atoms with Gasteiger partial charge in [-0.25, -0.2) is 4.39 Å². The van der Waals surface area contributed by atoms with Gasteiger partial charge in [0, 0.05) is 17.7 Å².